The number of carbonyl (C=O) groups is 2. The third-order valence-electron chi connectivity index (χ3n) is 4.51. The lowest BCUT2D eigenvalue weighted by Gasteiger charge is -2.23. The Hall–Kier alpha value is -2.93. The summed E-state index contributed by atoms with van der Waals surface area (Å²) in [7, 11) is 1.65. The van der Waals surface area contributed by atoms with Crippen LogP contribution in [0.25, 0.3) is 0 Å². The Morgan fingerprint density at radius 3 is 2.75 bits per heavy atom. The van der Waals surface area contributed by atoms with Crippen molar-refractivity contribution >= 4 is 11.8 Å². The summed E-state index contributed by atoms with van der Waals surface area (Å²) in [4.78, 5) is 24.1. The number of nitrogens with one attached hydrogen (secondary N) is 2. The maximum Gasteiger partial charge on any atom is 0.255 e. The Kier molecular flexibility index (Phi) is 6.60. The van der Waals surface area contributed by atoms with Crippen LogP contribution in [0.4, 0.5) is 4.39 Å². The van der Waals surface area contributed by atoms with Crippen LogP contribution in [0.5, 0.6) is 11.5 Å². The van der Waals surface area contributed by atoms with Gasteiger partial charge in [-0.15, -0.1) is 0 Å². The number of hydrogen-bond donors (Lipinski definition) is 2. The standard InChI is InChI=1S/C21H23FN2O4/c1-27-11-9-14-2-5-17(6-3-14)28-19-7-4-15(22)12-18(19)21(26)24-16-8-10-23-20(25)13-16/h2-7,12,16H,8-11,13H2,1H3,(H,23,25)(H,24,26). The van der Waals surface area contributed by atoms with Gasteiger partial charge < -0.3 is 20.1 Å². The molecule has 0 bridgehead atoms. The number of methoxy groups -OCH3 is 1. The Morgan fingerprint density at radius 1 is 1.25 bits per heavy atom. The molecule has 0 radical (unpaired) electrons. The predicted molar refractivity (Wildman–Crippen MR) is 102 cm³/mol. The second-order valence-corrected chi connectivity index (χ2v) is 6.64. The number of rotatable bonds is 7. The highest BCUT2D eigenvalue weighted by Gasteiger charge is 2.23. The smallest absolute Gasteiger partial charge is 0.255 e. The average molecular weight is 386 g/mol. The zero-order chi connectivity index (χ0) is 19.9. The van der Waals surface area contributed by atoms with Crippen molar-refractivity contribution in [1.29, 1.82) is 0 Å². The molecule has 2 amide bonds. The van der Waals surface area contributed by atoms with Crippen molar-refractivity contribution in [3.05, 3.63) is 59.4 Å². The summed E-state index contributed by atoms with van der Waals surface area (Å²) in [5.41, 5.74) is 1.19. The van der Waals surface area contributed by atoms with E-state index in [9.17, 15) is 14.0 Å². The van der Waals surface area contributed by atoms with Gasteiger partial charge in [-0.05, 0) is 48.7 Å². The van der Waals surface area contributed by atoms with E-state index in [0.29, 0.717) is 25.3 Å². The van der Waals surface area contributed by atoms with E-state index >= 15 is 0 Å². The molecule has 1 atom stereocenters. The second kappa shape index (κ2) is 9.32. The number of ether oxygens (including phenoxy) is 2. The number of benzene rings is 2. The van der Waals surface area contributed by atoms with Gasteiger partial charge in [-0.3, -0.25) is 9.59 Å². The molecule has 1 aliphatic heterocycles. The second-order valence-electron chi connectivity index (χ2n) is 6.64. The molecule has 1 saturated heterocycles. The molecule has 2 aromatic carbocycles. The largest absolute Gasteiger partial charge is 0.457 e. The van der Waals surface area contributed by atoms with Crippen LogP contribution in [0.2, 0.25) is 0 Å². The van der Waals surface area contributed by atoms with E-state index in [1.165, 1.54) is 12.1 Å². The molecule has 28 heavy (non-hydrogen) atoms. The normalized spacial score (nSPS) is 16.4. The highest BCUT2D eigenvalue weighted by atomic mass is 19.1. The molecular weight excluding hydrogens is 363 g/mol. The summed E-state index contributed by atoms with van der Waals surface area (Å²) in [6.45, 7) is 1.13. The number of halogens is 1. The quantitative estimate of drug-likeness (QED) is 0.767. The van der Waals surface area contributed by atoms with Gasteiger partial charge in [-0.2, -0.15) is 0 Å². The molecule has 0 aromatic heterocycles. The predicted octanol–water partition coefficient (Wildman–Crippen LogP) is 2.82. The van der Waals surface area contributed by atoms with Crippen molar-refractivity contribution in [1.82, 2.24) is 10.6 Å². The zero-order valence-electron chi connectivity index (χ0n) is 15.7. The minimum Gasteiger partial charge on any atom is -0.457 e. The van der Waals surface area contributed by atoms with Crippen LogP contribution in [0.15, 0.2) is 42.5 Å². The highest BCUT2D eigenvalue weighted by Crippen LogP contribution is 2.27. The van der Waals surface area contributed by atoms with Gasteiger partial charge in [0.15, 0.2) is 0 Å². The van der Waals surface area contributed by atoms with E-state index in [1.807, 2.05) is 12.1 Å². The van der Waals surface area contributed by atoms with Gasteiger partial charge >= 0.3 is 0 Å². The van der Waals surface area contributed by atoms with Crippen LogP contribution in [0.1, 0.15) is 28.8 Å². The molecule has 1 aliphatic rings. The maximum atomic E-state index is 13.7. The molecule has 1 fully saturated rings. The first-order chi connectivity index (χ1) is 13.5. The van der Waals surface area contributed by atoms with Gasteiger partial charge in [0, 0.05) is 26.1 Å². The van der Waals surface area contributed by atoms with Crippen molar-refractivity contribution in [2.45, 2.75) is 25.3 Å². The molecule has 2 aromatic rings. The average Bonchev–Trinajstić information content (AvgIpc) is 2.69. The third kappa shape index (κ3) is 5.29. The minimum absolute atomic E-state index is 0.0921. The minimum atomic E-state index is -0.534. The van der Waals surface area contributed by atoms with Crippen LogP contribution >= 0.6 is 0 Å². The third-order valence-corrected chi connectivity index (χ3v) is 4.51. The van der Waals surface area contributed by atoms with E-state index in [-0.39, 0.29) is 29.7 Å². The van der Waals surface area contributed by atoms with E-state index in [4.69, 9.17) is 9.47 Å². The fraction of sp³-hybridized carbons (Fsp3) is 0.333. The van der Waals surface area contributed by atoms with Crippen molar-refractivity contribution in [3.8, 4) is 11.5 Å². The van der Waals surface area contributed by atoms with Crippen LogP contribution < -0.4 is 15.4 Å². The molecule has 1 unspecified atom stereocenters. The van der Waals surface area contributed by atoms with Crippen molar-refractivity contribution < 1.29 is 23.5 Å². The lowest BCUT2D eigenvalue weighted by atomic mass is 10.1. The maximum absolute atomic E-state index is 13.7. The first-order valence-electron chi connectivity index (χ1n) is 9.18. The van der Waals surface area contributed by atoms with Crippen molar-refractivity contribution in [2.24, 2.45) is 0 Å². The molecule has 0 spiro atoms. The highest BCUT2D eigenvalue weighted by molar-refractivity contribution is 5.97. The monoisotopic (exact) mass is 386 g/mol. The SMILES string of the molecule is COCCc1ccc(Oc2ccc(F)cc2C(=O)NC2CCNC(=O)C2)cc1. The van der Waals surface area contributed by atoms with Gasteiger partial charge in [0.25, 0.3) is 5.91 Å². The van der Waals surface area contributed by atoms with Gasteiger partial charge in [-0.1, -0.05) is 12.1 Å². The molecule has 0 aliphatic carbocycles. The van der Waals surface area contributed by atoms with E-state index in [2.05, 4.69) is 10.6 Å². The molecule has 6 nitrogen and oxygen atoms in total. The number of amides is 2. The summed E-state index contributed by atoms with van der Waals surface area (Å²) in [6, 6.07) is 10.9. The topological polar surface area (TPSA) is 76.7 Å². The van der Waals surface area contributed by atoms with Crippen LogP contribution in [-0.4, -0.2) is 38.1 Å². The van der Waals surface area contributed by atoms with Gasteiger partial charge in [0.05, 0.1) is 12.2 Å². The molecule has 2 N–H and O–H groups in total. The summed E-state index contributed by atoms with van der Waals surface area (Å²) in [6.07, 6.45) is 1.63. The summed E-state index contributed by atoms with van der Waals surface area (Å²) < 4.78 is 24.6. The molecule has 3 rings (SSSR count). The van der Waals surface area contributed by atoms with Crippen molar-refractivity contribution in [3.63, 3.8) is 0 Å². The molecule has 0 saturated carbocycles. The Morgan fingerprint density at radius 2 is 2.04 bits per heavy atom. The summed E-state index contributed by atoms with van der Waals surface area (Å²) in [5.74, 6) is -0.316. The lowest BCUT2D eigenvalue weighted by Crippen LogP contribution is -2.45. The molecular formula is C21H23FN2O4. The first-order valence-corrected chi connectivity index (χ1v) is 9.18. The Bertz CT molecular complexity index is 839. The number of piperidine rings is 1. The summed E-state index contributed by atoms with van der Waals surface area (Å²) >= 11 is 0. The molecule has 1 heterocycles. The van der Waals surface area contributed by atoms with Crippen LogP contribution in [0.3, 0.4) is 0 Å². The Balaban J connectivity index is 1.73. The van der Waals surface area contributed by atoms with E-state index in [0.717, 1.165) is 18.1 Å². The van der Waals surface area contributed by atoms with Gasteiger partial charge in [0.2, 0.25) is 5.91 Å². The number of hydrogen-bond acceptors (Lipinski definition) is 4. The molecule has 148 valence electrons. The van der Waals surface area contributed by atoms with E-state index in [1.54, 1.807) is 19.2 Å². The zero-order valence-corrected chi connectivity index (χ0v) is 15.7. The van der Waals surface area contributed by atoms with E-state index < -0.39 is 11.7 Å². The molecule has 7 heteroatoms. The van der Waals surface area contributed by atoms with Crippen molar-refractivity contribution in [2.75, 3.05) is 20.3 Å². The Labute approximate surface area is 163 Å². The summed E-state index contributed by atoms with van der Waals surface area (Å²) in [5, 5.41) is 5.50. The lowest BCUT2D eigenvalue weighted by molar-refractivity contribution is -0.122. The number of carbonyl (C=O) groups excluding carboxylic acids is 2. The first kappa shape index (κ1) is 19.8. The fourth-order valence-electron chi connectivity index (χ4n) is 3.01. The van der Waals surface area contributed by atoms with Crippen LogP contribution in [0, 0.1) is 5.82 Å². The van der Waals surface area contributed by atoms with Gasteiger partial charge in [-0.25, -0.2) is 4.39 Å². The van der Waals surface area contributed by atoms with Crippen LogP contribution in [-0.2, 0) is 16.0 Å². The van der Waals surface area contributed by atoms with Gasteiger partial charge in [0.1, 0.15) is 17.3 Å². The fourth-order valence-corrected chi connectivity index (χ4v) is 3.01.